The van der Waals surface area contributed by atoms with Gasteiger partial charge in [-0.25, -0.2) is 0 Å². The van der Waals surface area contributed by atoms with Crippen molar-refractivity contribution in [2.45, 2.75) is 59.0 Å². The molecule has 0 aliphatic carbocycles. The van der Waals surface area contributed by atoms with Crippen LogP contribution in [-0.4, -0.2) is 34.2 Å². The maximum Gasteiger partial charge on any atom is 0.254 e. The van der Waals surface area contributed by atoms with E-state index >= 15 is 0 Å². The Bertz CT molecular complexity index is 536. The number of carbonyl (C=O) groups excluding carboxylic acids is 2. The van der Waals surface area contributed by atoms with Gasteiger partial charge in [-0.2, -0.15) is 5.10 Å². The zero-order valence-corrected chi connectivity index (χ0v) is 13.7. The predicted molar refractivity (Wildman–Crippen MR) is 84.6 cm³/mol. The molecule has 6 heteroatoms. The van der Waals surface area contributed by atoms with Gasteiger partial charge >= 0.3 is 0 Å². The Morgan fingerprint density at radius 1 is 1.50 bits per heavy atom. The summed E-state index contributed by atoms with van der Waals surface area (Å²) in [5.74, 6) is 0.474. The molecule has 0 saturated carbocycles. The molecule has 0 bridgehead atoms. The van der Waals surface area contributed by atoms with Gasteiger partial charge in [0.15, 0.2) is 0 Å². The second-order valence-electron chi connectivity index (χ2n) is 6.28. The minimum absolute atomic E-state index is 0.0459. The van der Waals surface area contributed by atoms with E-state index in [0.717, 1.165) is 25.1 Å². The minimum atomic E-state index is -0.0776. The highest BCUT2D eigenvalue weighted by Crippen LogP contribution is 2.14. The van der Waals surface area contributed by atoms with E-state index in [1.807, 2.05) is 11.6 Å². The average Bonchev–Trinajstić information content (AvgIpc) is 2.75. The summed E-state index contributed by atoms with van der Waals surface area (Å²) in [4.78, 5) is 23.9. The maximum absolute atomic E-state index is 12.5. The summed E-state index contributed by atoms with van der Waals surface area (Å²) < 4.78 is 1.93. The Labute approximate surface area is 131 Å². The Hall–Kier alpha value is -1.85. The van der Waals surface area contributed by atoms with Crippen LogP contribution in [0.5, 0.6) is 0 Å². The second-order valence-corrected chi connectivity index (χ2v) is 6.28. The number of hydrogen-bond acceptors (Lipinski definition) is 3. The fourth-order valence-electron chi connectivity index (χ4n) is 2.81. The van der Waals surface area contributed by atoms with Crippen molar-refractivity contribution in [3.05, 3.63) is 17.5 Å². The molecule has 1 aliphatic rings. The van der Waals surface area contributed by atoms with E-state index in [4.69, 9.17) is 0 Å². The molecule has 2 N–H and O–H groups in total. The van der Waals surface area contributed by atoms with E-state index in [2.05, 4.69) is 29.6 Å². The number of amides is 2. The fourth-order valence-corrected chi connectivity index (χ4v) is 2.81. The molecule has 0 aromatic carbocycles. The Kier molecular flexibility index (Phi) is 5.57. The Morgan fingerprint density at radius 3 is 2.95 bits per heavy atom. The summed E-state index contributed by atoms with van der Waals surface area (Å²) in [6.45, 7) is 7.75. The van der Waals surface area contributed by atoms with Crippen molar-refractivity contribution < 1.29 is 9.59 Å². The zero-order valence-electron chi connectivity index (χ0n) is 13.7. The quantitative estimate of drug-likeness (QED) is 0.865. The van der Waals surface area contributed by atoms with Crippen molar-refractivity contribution in [3.8, 4) is 0 Å². The lowest BCUT2D eigenvalue weighted by Gasteiger charge is -2.16. The largest absolute Gasteiger partial charge is 0.356 e. The van der Waals surface area contributed by atoms with Gasteiger partial charge in [0.2, 0.25) is 5.91 Å². The van der Waals surface area contributed by atoms with Crippen LogP contribution in [0, 0.1) is 5.92 Å². The molecule has 0 spiro atoms. The molecule has 122 valence electrons. The van der Waals surface area contributed by atoms with Crippen molar-refractivity contribution in [1.29, 1.82) is 0 Å². The van der Waals surface area contributed by atoms with Crippen LogP contribution >= 0.6 is 0 Å². The van der Waals surface area contributed by atoms with Crippen molar-refractivity contribution in [1.82, 2.24) is 20.4 Å². The summed E-state index contributed by atoms with van der Waals surface area (Å²) in [5.41, 5.74) is 1.64. The molecule has 6 nitrogen and oxygen atoms in total. The third kappa shape index (κ3) is 4.08. The van der Waals surface area contributed by atoms with Crippen LogP contribution in [0.25, 0.3) is 0 Å². The SMILES string of the molecule is CCc1c(C(=O)NC2CCNC(=O)CC2)cnn1CC(C)C. The molecular formula is C16H26N4O2. The maximum atomic E-state index is 12.5. The van der Waals surface area contributed by atoms with Crippen LogP contribution in [0.2, 0.25) is 0 Å². The summed E-state index contributed by atoms with van der Waals surface area (Å²) in [6.07, 6.45) is 4.38. The van der Waals surface area contributed by atoms with Gasteiger partial charge in [0.05, 0.1) is 17.5 Å². The van der Waals surface area contributed by atoms with Crippen molar-refractivity contribution >= 4 is 11.8 Å². The number of nitrogens with zero attached hydrogens (tertiary/aromatic N) is 2. The molecule has 1 unspecified atom stereocenters. The minimum Gasteiger partial charge on any atom is -0.356 e. The molecule has 22 heavy (non-hydrogen) atoms. The van der Waals surface area contributed by atoms with Gasteiger partial charge in [-0.3, -0.25) is 14.3 Å². The number of nitrogens with one attached hydrogen (secondary N) is 2. The molecule has 1 aromatic heterocycles. The van der Waals surface area contributed by atoms with Crippen molar-refractivity contribution in [2.24, 2.45) is 5.92 Å². The molecular weight excluding hydrogens is 280 g/mol. The highest BCUT2D eigenvalue weighted by Gasteiger charge is 2.21. The normalized spacial score (nSPS) is 18.9. The predicted octanol–water partition coefficient (Wildman–Crippen LogP) is 1.50. The van der Waals surface area contributed by atoms with E-state index in [1.54, 1.807) is 6.20 Å². The first-order valence-electron chi connectivity index (χ1n) is 8.13. The highest BCUT2D eigenvalue weighted by molar-refractivity contribution is 5.95. The van der Waals surface area contributed by atoms with Gasteiger partial charge in [-0.1, -0.05) is 20.8 Å². The summed E-state index contributed by atoms with van der Waals surface area (Å²) in [6, 6.07) is 0.0459. The van der Waals surface area contributed by atoms with Crippen molar-refractivity contribution in [3.63, 3.8) is 0 Å². The van der Waals surface area contributed by atoms with E-state index in [-0.39, 0.29) is 17.9 Å². The average molecular weight is 306 g/mol. The second kappa shape index (κ2) is 7.42. The van der Waals surface area contributed by atoms with Crippen LogP contribution in [0.3, 0.4) is 0 Å². The van der Waals surface area contributed by atoms with Gasteiger partial charge in [-0.15, -0.1) is 0 Å². The third-order valence-electron chi connectivity index (χ3n) is 3.94. The third-order valence-corrected chi connectivity index (χ3v) is 3.94. The number of carbonyl (C=O) groups is 2. The summed E-state index contributed by atoms with van der Waals surface area (Å²) in [5, 5.41) is 10.2. The monoisotopic (exact) mass is 306 g/mol. The number of aromatic nitrogens is 2. The molecule has 1 aliphatic heterocycles. The fraction of sp³-hybridized carbons (Fsp3) is 0.688. The van der Waals surface area contributed by atoms with Crippen LogP contribution in [0.4, 0.5) is 0 Å². The van der Waals surface area contributed by atoms with Gasteiger partial charge in [0, 0.05) is 25.6 Å². The first-order valence-corrected chi connectivity index (χ1v) is 8.13. The standard InChI is InChI=1S/C16H26N4O2/c1-4-14-13(9-18-20(14)10-11(2)3)16(22)19-12-5-6-15(21)17-8-7-12/h9,11-12H,4-8,10H2,1-3H3,(H,17,21)(H,19,22). The topological polar surface area (TPSA) is 76.0 Å². The van der Waals surface area contributed by atoms with Crippen molar-refractivity contribution in [2.75, 3.05) is 6.54 Å². The molecule has 1 fully saturated rings. The summed E-state index contributed by atoms with van der Waals surface area (Å²) in [7, 11) is 0. The first kappa shape index (κ1) is 16.5. The highest BCUT2D eigenvalue weighted by atomic mass is 16.2. The van der Waals surface area contributed by atoms with Crippen LogP contribution < -0.4 is 10.6 Å². The molecule has 2 amide bonds. The zero-order chi connectivity index (χ0) is 16.1. The Morgan fingerprint density at radius 2 is 2.27 bits per heavy atom. The van der Waals surface area contributed by atoms with Gasteiger partial charge in [0.25, 0.3) is 5.91 Å². The number of hydrogen-bond donors (Lipinski definition) is 2. The summed E-state index contributed by atoms with van der Waals surface area (Å²) >= 11 is 0. The van der Waals surface area contributed by atoms with Gasteiger partial charge in [0.1, 0.15) is 0 Å². The van der Waals surface area contributed by atoms with Crippen LogP contribution in [0.15, 0.2) is 6.20 Å². The molecule has 1 atom stereocenters. The smallest absolute Gasteiger partial charge is 0.254 e. The molecule has 0 radical (unpaired) electrons. The van der Waals surface area contributed by atoms with E-state index < -0.39 is 0 Å². The Balaban J connectivity index is 2.05. The van der Waals surface area contributed by atoms with Crippen LogP contribution in [0.1, 0.15) is 56.1 Å². The lowest BCUT2D eigenvalue weighted by atomic mass is 10.1. The lowest BCUT2D eigenvalue weighted by molar-refractivity contribution is -0.120. The van der Waals surface area contributed by atoms with Crippen LogP contribution in [-0.2, 0) is 17.8 Å². The van der Waals surface area contributed by atoms with E-state index in [9.17, 15) is 9.59 Å². The number of rotatable bonds is 5. The van der Waals surface area contributed by atoms with Gasteiger partial charge in [-0.05, 0) is 25.2 Å². The molecule has 2 rings (SSSR count). The molecule has 2 heterocycles. The van der Waals surface area contributed by atoms with E-state index in [1.165, 1.54) is 0 Å². The lowest BCUT2D eigenvalue weighted by Crippen LogP contribution is -2.35. The molecule has 1 aromatic rings. The molecule has 1 saturated heterocycles. The van der Waals surface area contributed by atoms with E-state index in [0.29, 0.717) is 30.9 Å². The van der Waals surface area contributed by atoms with Gasteiger partial charge < -0.3 is 10.6 Å². The first-order chi connectivity index (χ1) is 10.5.